The van der Waals surface area contributed by atoms with E-state index < -0.39 is 5.60 Å². The maximum absolute atomic E-state index is 6.77. The third kappa shape index (κ3) is 3.38. The third-order valence-electron chi connectivity index (χ3n) is 5.26. The number of anilines is 1. The van der Waals surface area contributed by atoms with E-state index in [1.807, 2.05) is 4.57 Å². The second-order valence-electron chi connectivity index (χ2n) is 10.1. The topological polar surface area (TPSA) is 97.3 Å². The minimum Gasteiger partial charge on any atom is -0.382 e. The van der Waals surface area contributed by atoms with Crippen LogP contribution in [0, 0.1) is 5.41 Å². The van der Waals surface area contributed by atoms with Crippen LogP contribution >= 0.6 is 0 Å². The van der Waals surface area contributed by atoms with Gasteiger partial charge in [-0.15, -0.1) is 0 Å². The highest BCUT2D eigenvalue weighted by Gasteiger charge is 2.61. The van der Waals surface area contributed by atoms with Gasteiger partial charge in [0.2, 0.25) is 0 Å². The van der Waals surface area contributed by atoms with Gasteiger partial charge in [0, 0.05) is 6.42 Å². The summed E-state index contributed by atoms with van der Waals surface area (Å²) in [6.45, 7) is 13.6. The van der Waals surface area contributed by atoms with Crippen LogP contribution in [0.15, 0.2) is 12.7 Å². The lowest BCUT2D eigenvalue weighted by molar-refractivity contribution is -0.195. The number of nitrogen functional groups attached to an aromatic ring is 1. The summed E-state index contributed by atoms with van der Waals surface area (Å²) in [5, 5.41) is 0. The van der Waals surface area contributed by atoms with Crippen LogP contribution in [0.25, 0.3) is 11.2 Å². The highest BCUT2D eigenvalue weighted by molar-refractivity contribution is 5.81. The smallest absolute Gasteiger partial charge is 0.167 e. The Kier molecular flexibility index (Phi) is 4.44. The first-order chi connectivity index (χ1) is 13.0. The zero-order valence-electron chi connectivity index (χ0n) is 17.6. The van der Waals surface area contributed by atoms with Crippen molar-refractivity contribution in [1.82, 2.24) is 19.5 Å². The van der Waals surface area contributed by atoms with E-state index in [1.54, 1.807) is 6.33 Å². The van der Waals surface area contributed by atoms with Crippen molar-refractivity contribution in [3.05, 3.63) is 12.7 Å². The molecule has 2 aromatic rings. The van der Waals surface area contributed by atoms with Crippen LogP contribution < -0.4 is 5.73 Å². The van der Waals surface area contributed by atoms with Crippen molar-refractivity contribution in [1.29, 1.82) is 0 Å². The Morgan fingerprint density at radius 2 is 1.96 bits per heavy atom. The average Bonchev–Trinajstić information content (AvgIpc) is 3.02. The maximum atomic E-state index is 6.77. The molecule has 8 heteroatoms. The fourth-order valence-electron chi connectivity index (χ4n) is 4.52. The summed E-state index contributed by atoms with van der Waals surface area (Å²) in [6, 6.07) is 0. The summed E-state index contributed by atoms with van der Waals surface area (Å²) < 4.78 is 21.4. The lowest BCUT2D eigenvalue weighted by Crippen LogP contribution is -2.54. The molecule has 28 heavy (non-hydrogen) atoms. The van der Waals surface area contributed by atoms with E-state index in [4.69, 9.17) is 19.9 Å². The molecule has 2 saturated heterocycles. The van der Waals surface area contributed by atoms with Gasteiger partial charge in [-0.25, -0.2) is 15.0 Å². The molecule has 4 heterocycles. The minimum absolute atomic E-state index is 0.0832. The van der Waals surface area contributed by atoms with Crippen molar-refractivity contribution < 1.29 is 14.2 Å². The summed E-state index contributed by atoms with van der Waals surface area (Å²) in [6.07, 6.45) is 4.03. The first-order valence-corrected chi connectivity index (χ1v) is 9.89. The summed E-state index contributed by atoms with van der Waals surface area (Å²) >= 11 is 0. The number of fused-ring (bicyclic) bond motifs is 3. The molecule has 0 unspecified atom stereocenters. The number of imidazole rings is 1. The zero-order valence-corrected chi connectivity index (χ0v) is 17.6. The number of hydrogen-bond donors (Lipinski definition) is 1. The Morgan fingerprint density at radius 1 is 1.21 bits per heavy atom. The van der Waals surface area contributed by atoms with Crippen molar-refractivity contribution in [2.75, 3.05) is 12.3 Å². The number of nitrogens with zero attached hydrogens (tertiary/aromatic N) is 4. The standard InChI is InChI=1S/C20H31N5O3/c1-18(2,3)9-20-7-8-26-13(14(20)27-19(4,5)6)17(28-20)25-11-24-12-15(21)22-10-23-16(12)25/h10-11,13-14,17H,7-9H2,1-6H3,(H2,21,22,23)/t13-,14+,17-,20-/m1/s1. The van der Waals surface area contributed by atoms with Crippen molar-refractivity contribution in [2.24, 2.45) is 5.41 Å². The van der Waals surface area contributed by atoms with Gasteiger partial charge in [-0.2, -0.15) is 0 Å². The fourth-order valence-corrected chi connectivity index (χ4v) is 4.52. The number of hydrogen-bond acceptors (Lipinski definition) is 7. The SMILES string of the molecule is CC(C)(C)C[C@@]12CCO[C@@H]([C@H](n3cnc4c(N)ncnc43)O1)[C@@H]2OC(C)(C)C. The van der Waals surface area contributed by atoms with Crippen LogP contribution in [-0.4, -0.2) is 49.5 Å². The fraction of sp³-hybridized carbons (Fsp3) is 0.750. The van der Waals surface area contributed by atoms with Crippen molar-refractivity contribution in [3.63, 3.8) is 0 Å². The predicted molar refractivity (Wildman–Crippen MR) is 106 cm³/mol. The van der Waals surface area contributed by atoms with Gasteiger partial charge in [0.25, 0.3) is 0 Å². The molecule has 0 saturated carbocycles. The Bertz CT molecular complexity index is 869. The van der Waals surface area contributed by atoms with Gasteiger partial charge in [-0.1, -0.05) is 20.8 Å². The molecule has 0 radical (unpaired) electrons. The van der Waals surface area contributed by atoms with E-state index in [-0.39, 0.29) is 29.5 Å². The lowest BCUT2D eigenvalue weighted by atomic mass is 9.76. The van der Waals surface area contributed by atoms with E-state index in [0.29, 0.717) is 23.6 Å². The van der Waals surface area contributed by atoms with Gasteiger partial charge in [-0.3, -0.25) is 4.57 Å². The molecule has 2 aliphatic rings. The molecule has 0 amide bonds. The van der Waals surface area contributed by atoms with Crippen molar-refractivity contribution in [2.45, 2.75) is 84.0 Å². The Labute approximate surface area is 165 Å². The van der Waals surface area contributed by atoms with Crippen molar-refractivity contribution >= 4 is 17.0 Å². The average molecular weight is 390 g/mol. The molecule has 2 aliphatic heterocycles. The summed E-state index contributed by atoms with van der Waals surface area (Å²) in [4.78, 5) is 12.8. The van der Waals surface area contributed by atoms with E-state index >= 15 is 0 Å². The van der Waals surface area contributed by atoms with Gasteiger partial charge in [0.05, 0.1) is 18.5 Å². The number of aromatic nitrogens is 4. The second kappa shape index (κ2) is 6.37. The van der Waals surface area contributed by atoms with Crippen molar-refractivity contribution in [3.8, 4) is 0 Å². The number of ether oxygens (including phenoxy) is 3. The van der Waals surface area contributed by atoms with E-state index in [2.05, 4.69) is 56.5 Å². The van der Waals surface area contributed by atoms with E-state index in [0.717, 1.165) is 12.8 Å². The highest BCUT2D eigenvalue weighted by Crippen LogP contribution is 2.52. The zero-order chi connectivity index (χ0) is 20.3. The molecule has 0 aromatic carbocycles. The molecule has 154 valence electrons. The molecule has 0 spiro atoms. The quantitative estimate of drug-likeness (QED) is 0.861. The Morgan fingerprint density at radius 3 is 2.64 bits per heavy atom. The molecular weight excluding hydrogens is 358 g/mol. The minimum atomic E-state index is -0.422. The molecular formula is C20H31N5O3. The molecule has 8 nitrogen and oxygen atoms in total. The summed E-state index contributed by atoms with van der Waals surface area (Å²) in [5.41, 5.74) is 6.54. The first-order valence-electron chi connectivity index (χ1n) is 9.89. The highest BCUT2D eigenvalue weighted by atomic mass is 16.6. The molecule has 2 fully saturated rings. The van der Waals surface area contributed by atoms with Gasteiger partial charge in [0.1, 0.15) is 29.7 Å². The molecule has 2 N–H and O–H groups in total. The van der Waals surface area contributed by atoms with E-state index in [9.17, 15) is 0 Å². The van der Waals surface area contributed by atoms with Crippen LogP contribution in [0.2, 0.25) is 0 Å². The first kappa shape index (κ1) is 19.5. The molecule has 0 aliphatic carbocycles. The summed E-state index contributed by atoms with van der Waals surface area (Å²) in [5.74, 6) is 0.359. The lowest BCUT2D eigenvalue weighted by Gasteiger charge is -2.44. The van der Waals surface area contributed by atoms with Crippen LogP contribution in [0.3, 0.4) is 0 Å². The van der Waals surface area contributed by atoms with Crippen LogP contribution in [0.5, 0.6) is 0 Å². The molecule has 4 atom stereocenters. The van der Waals surface area contributed by atoms with Gasteiger partial charge in [-0.05, 0) is 32.6 Å². The van der Waals surface area contributed by atoms with Gasteiger partial charge >= 0.3 is 0 Å². The normalized spacial score (nSPS) is 30.9. The predicted octanol–water partition coefficient (Wildman–Crippen LogP) is 3.08. The van der Waals surface area contributed by atoms with Crippen LogP contribution in [0.1, 0.15) is 60.6 Å². The van der Waals surface area contributed by atoms with Crippen LogP contribution in [0.4, 0.5) is 5.82 Å². The molecule has 2 bridgehead atoms. The van der Waals surface area contributed by atoms with E-state index in [1.165, 1.54) is 6.33 Å². The van der Waals surface area contributed by atoms with Gasteiger partial charge in [0.15, 0.2) is 17.7 Å². The van der Waals surface area contributed by atoms with Gasteiger partial charge < -0.3 is 19.9 Å². The second-order valence-corrected chi connectivity index (χ2v) is 10.1. The molecule has 4 rings (SSSR count). The monoisotopic (exact) mass is 389 g/mol. The Hall–Kier alpha value is -1.77. The third-order valence-corrected chi connectivity index (χ3v) is 5.26. The summed E-state index contributed by atoms with van der Waals surface area (Å²) in [7, 11) is 0. The maximum Gasteiger partial charge on any atom is 0.167 e. The molecule has 2 aromatic heterocycles. The largest absolute Gasteiger partial charge is 0.382 e. The number of rotatable bonds is 3. The van der Waals surface area contributed by atoms with Crippen LogP contribution in [-0.2, 0) is 14.2 Å². The number of nitrogens with two attached hydrogens (primary N) is 1. The Balaban J connectivity index is 1.78.